The van der Waals surface area contributed by atoms with Crippen LogP contribution in [-0.4, -0.2) is 9.97 Å². The Balaban J connectivity index is 2.43. The van der Waals surface area contributed by atoms with Crippen LogP contribution in [0.25, 0.3) is 10.7 Å². The Morgan fingerprint density at radius 1 is 1.50 bits per heavy atom. The van der Waals surface area contributed by atoms with Gasteiger partial charge in [-0.1, -0.05) is 6.07 Å². The van der Waals surface area contributed by atoms with Crippen molar-refractivity contribution in [1.82, 2.24) is 9.97 Å². The van der Waals surface area contributed by atoms with Gasteiger partial charge in [0.1, 0.15) is 0 Å². The summed E-state index contributed by atoms with van der Waals surface area (Å²) in [7, 11) is 0. The Labute approximate surface area is 91.6 Å². The van der Waals surface area contributed by atoms with Gasteiger partial charge in [-0.05, 0) is 18.4 Å². The van der Waals surface area contributed by atoms with Crippen molar-refractivity contribution in [3.63, 3.8) is 0 Å². The first-order valence-electron chi connectivity index (χ1n) is 4.23. The highest BCUT2D eigenvalue weighted by Gasteiger charge is 2.04. The monoisotopic (exact) mass is 224 g/mol. The Hall–Kier alpha value is -0.930. The Kier molecular flexibility index (Phi) is 2.79. The fourth-order valence-electron chi connectivity index (χ4n) is 1.15. The molecule has 0 radical (unpaired) electrons. The molecule has 2 aromatic rings. The lowest BCUT2D eigenvalue weighted by Crippen LogP contribution is -1.94. The van der Waals surface area contributed by atoms with E-state index >= 15 is 0 Å². The zero-order valence-electron chi connectivity index (χ0n) is 7.70. The van der Waals surface area contributed by atoms with Gasteiger partial charge in [-0.2, -0.15) is 0 Å². The summed E-state index contributed by atoms with van der Waals surface area (Å²) < 4.78 is 0. The lowest BCUT2D eigenvalue weighted by molar-refractivity contribution is 1.06. The minimum Gasteiger partial charge on any atom is -0.236 e. The van der Waals surface area contributed by atoms with Crippen LogP contribution in [-0.2, 0) is 5.88 Å². The quantitative estimate of drug-likeness (QED) is 0.732. The summed E-state index contributed by atoms with van der Waals surface area (Å²) in [5, 5.41) is 2.02. The molecule has 0 aliphatic carbocycles. The summed E-state index contributed by atoms with van der Waals surface area (Å²) in [6, 6.07) is 4.01. The zero-order valence-corrected chi connectivity index (χ0v) is 9.27. The molecule has 0 spiro atoms. The van der Waals surface area contributed by atoms with E-state index in [9.17, 15) is 0 Å². The summed E-state index contributed by atoms with van der Waals surface area (Å²) in [6.07, 6.45) is 1.80. The van der Waals surface area contributed by atoms with Gasteiger partial charge in [0.2, 0.25) is 0 Å². The van der Waals surface area contributed by atoms with Crippen molar-refractivity contribution in [1.29, 1.82) is 0 Å². The number of rotatable bonds is 2. The molecule has 0 bridgehead atoms. The van der Waals surface area contributed by atoms with Gasteiger partial charge in [0.05, 0.1) is 10.8 Å². The van der Waals surface area contributed by atoms with Crippen molar-refractivity contribution in [2.24, 2.45) is 0 Å². The first kappa shape index (κ1) is 9.62. The van der Waals surface area contributed by atoms with Crippen molar-refractivity contribution in [2.75, 3.05) is 0 Å². The standard InChI is InChI=1S/C10H9ClN2S/c1-7-8(5-11)6-12-10(13-7)9-3-2-4-14-9/h2-4,6H,5H2,1H3. The molecule has 0 aliphatic heterocycles. The number of aromatic nitrogens is 2. The van der Waals surface area contributed by atoms with Gasteiger partial charge in [-0.25, -0.2) is 9.97 Å². The fraction of sp³-hybridized carbons (Fsp3) is 0.200. The first-order chi connectivity index (χ1) is 6.81. The molecule has 0 atom stereocenters. The third-order valence-electron chi connectivity index (χ3n) is 1.97. The van der Waals surface area contributed by atoms with Crippen molar-refractivity contribution in [3.8, 4) is 10.7 Å². The van der Waals surface area contributed by atoms with Crippen molar-refractivity contribution in [3.05, 3.63) is 35.0 Å². The zero-order chi connectivity index (χ0) is 9.97. The number of alkyl halides is 1. The number of halogens is 1. The molecular formula is C10H9ClN2S. The van der Waals surface area contributed by atoms with E-state index in [1.54, 1.807) is 17.5 Å². The average molecular weight is 225 g/mol. The summed E-state index contributed by atoms with van der Waals surface area (Å²) in [6.45, 7) is 1.95. The lowest BCUT2D eigenvalue weighted by atomic mass is 10.3. The first-order valence-corrected chi connectivity index (χ1v) is 5.65. The fourth-order valence-corrected chi connectivity index (χ4v) is 2.07. The van der Waals surface area contributed by atoms with E-state index < -0.39 is 0 Å². The Morgan fingerprint density at radius 3 is 2.93 bits per heavy atom. The average Bonchev–Trinajstić information content (AvgIpc) is 2.70. The highest BCUT2D eigenvalue weighted by molar-refractivity contribution is 7.13. The molecule has 2 rings (SSSR count). The molecule has 0 aliphatic rings. The van der Waals surface area contributed by atoms with Crippen LogP contribution >= 0.6 is 22.9 Å². The van der Waals surface area contributed by atoms with Gasteiger partial charge < -0.3 is 0 Å². The van der Waals surface area contributed by atoms with Crippen molar-refractivity contribution < 1.29 is 0 Å². The molecule has 14 heavy (non-hydrogen) atoms. The van der Waals surface area contributed by atoms with Gasteiger partial charge in [0.25, 0.3) is 0 Å². The molecular weight excluding hydrogens is 216 g/mol. The number of nitrogens with zero attached hydrogens (tertiary/aromatic N) is 2. The van der Waals surface area contributed by atoms with E-state index in [0.29, 0.717) is 5.88 Å². The van der Waals surface area contributed by atoms with Gasteiger partial charge in [-0.15, -0.1) is 22.9 Å². The maximum Gasteiger partial charge on any atom is 0.169 e. The molecule has 0 amide bonds. The molecule has 2 aromatic heterocycles. The highest BCUT2D eigenvalue weighted by atomic mass is 35.5. The topological polar surface area (TPSA) is 25.8 Å². The molecule has 2 heterocycles. The molecule has 0 N–H and O–H groups in total. The lowest BCUT2D eigenvalue weighted by Gasteiger charge is -2.02. The summed E-state index contributed by atoms with van der Waals surface area (Å²) >= 11 is 7.37. The van der Waals surface area contributed by atoms with Crippen molar-refractivity contribution in [2.45, 2.75) is 12.8 Å². The van der Waals surface area contributed by atoms with Crippen LogP contribution in [0.4, 0.5) is 0 Å². The maximum atomic E-state index is 5.73. The van der Waals surface area contributed by atoms with Crippen molar-refractivity contribution >= 4 is 22.9 Å². The number of thiophene rings is 1. The van der Waals surface area contributed by atoms with E-state index in [4.69, 9.17) is 11.6 Å². The molecule has 72 valence electrons. The van der Waals surface area contributed by atoms with Gasteiger partial charge in [-0.3, -0.25) is 0 Å². The molecule has 0 saturated heterocycles. The molecule has 4 heteroatoms. The van der Waals surface area contributed by atoms with Crippen LogP contribution in [0.3, 0.4) is 0 Å². The van der Waals surface area contributed by atoms with Crippen LogP contribution in [0.5, 0.6) is 0 Å². The predicted molar refractivity (Wildman–Crippen MR) is 59.6 cm³/mol. The largest absolute Gasteiger partial charge is 0.236 e. The minimum absolute atomic E-state index is 0.469. The van der Waals surface area contributed by atoms with Crippen LogP contribution in [0, 0.1) is 6.92 Å². The second-order valence-corrected chi connectivity index (χ2v) is 4.13. The van der Waals surface area contributed by atoms with E-state index in [1.807, 2.05) is 24.4 Å². The van der Waals surface area contributed by atoms with E-state index in [1.165, 1.54) is 0 Å². The molecule has 0 saturated carbocycles. The predicted octanol–water partition coefficient (Wildman–Crippen LogP) is 3.25. The Bertz CT molecular complexity index is 426. The summed E-state index contributed by atoms with van der Waals surface area (Å²) in [4.78, 5) is 9.76. The van der Waals surface area contributed by atoms with Gasteiger partial charge >= 0.3 is 0 Å². The summed E-state index contributed by atoms with van der Waals surface area (Å²) in [5.41, 5.74) is 1.95. The number of aryl methyl sites for hydroxylation is 1. The van der Waals surface area contributed by atoms with E-state index in [-0.39, 0.29) is 0 Å². The Morgan fingerprint density at radius 2 is 2.36 bits per heavy atom. The second kappa shape index (κ2) is 4.07. The van der Waals surface area contributed by atoms with Crippen LogP contribution < -0.4 is 0 Å². The molecule has 0 aromatic carbocycles. The van der Waals surface area contributed by atoms with Crippen LogP contribution in [0.15, 0.2) is 23.7 Å². The third-order valence-corrected chi connectivity index (χ3v) is 3.12. The van der Waals surface area contributed by atoms with E-state index in [2.05, 4.69) is 9.97 Å². The van der Waals surface area contributed by atoms with E-state index in [0.717, 1.165) is 22.0 Å². The number of hydrogen-bond acceptors (Lipinski definition) is 3. The molecule has 0 unspecified atom stereocenters. The SMILES string of the molecule is Cc1nc(-c2cccs2)ncc1CCl. The normalized spacial score (nSPS) is 10.4. The smallest absolute Gasteiger partial charge is 0.169 e. The minimum atomic E-state index is 0.469. The van der Waals surface area contributed by atoms with Gasteiger partial charge in [0, 0.05) is 17.5 Å². The number of hydrogen-bond donors (Lipinski definition) is 0. The molecule has 2 nitrogen and oxygen atoms in total. The maximum absolute atomic E-state index is 5.73. The van der Waals surface area contributed by atoms with Crippen LogP contribution in [0.2, 0.25) is 0 Å². The van der Waals surface area contributed by atoms with Gasteiger partial charge in [0.15, 0.2) is 5.82 Å². The van der Waals surface area contributed by atoms with Crippen LogP contribution in [0.1, 0.15) is 11.3 Å². The summed E-state index contributed by atoms with van der Waals surface area (Å²) in [5.74, 6) is 1.25. The second-order valence-electron chi connectivity index (χ2n) is 2.92. The third kappa shape index (κ3) is 1.79. The molecule has 0 fully saturated rings. The highest BCUT2D eigenvalue weighted by Crippen LogP contribution is 2.21.